The molecule has 1 aromatic heterocycles. The number of nitrogens with zero attached hydrogens (tertiary/aromatic N) is 6. The maximum absolute atomic E-state index is 13.9. The molecule has 1 aliphatic carbocycles. The molecule has 3 aromatic rings. The number of anilines is 1. The summed E-state index contributed by atoms with van der Waals surface area (Å²) in [5.74, 6) is 1.01. The number of carbonyl (C=O) groups is 1. The third-order valence-corrected chi connectivity index (χ3v) is 7.29. The van der Waals surface area contributed by atoms with Crippen LogP contribution in [-0.4, -0.2) is 72.4 Å². The average molecular weight is 620 g/mol. The second-order valence-corrected chi connectivity index (χ2v) is 9.91. The second-order valence-electron chi connectivity index (χ2n) is 9.50. The lowest BCUT2D eigenvalue weighted by Gasteiger charge is -2.48. The Balaban J connectivity index is 0.000000461. The Morgan fingerprint density at radius 1 is 1.18 bits per heavy atom. The monoisotopic (exact) mass is 619 g/mol. The van der Waals surface area contributed by atoms with Crippen molar-refractivity contribution < 1.29 is 19.0 Å². The van der Waals surface area contributed by atoms with Crippen LogP contribution in [0.2, 0.25) is 5.02 Å². The molecular weight excluding hydrogens is 585 g/mol. The topological polar surface area (TPSA) is 130 Å². The second kappa shape index (κ2) is 16.7. The van der Waals surface area contributed by atoms with E-state index >= 15 is 0 Å². The number of allylic oxidation sites excluding steroid dienone is 1. The Morgan fingerprint density at radius 3 is 2.48 bits per heavy atom. The van der Waals surface area contributed by atoms with Crippen LogP contribution in [0.4, 0.5) is 15.9 Å². The van der Waals surface area contributed by atoms with Gasteiger partial charge in [0.25, 0.3) is 0 Å². The van der Waals surface area contributed by atoms with Gasteiger partial charge in [-0.2, -0.15) is 4.99 Å². The number of benzene rings is 2. The normalized spacial score (nSPS) is 16.8. The van der Waals surface area contributed by atoms with Crippen molar-refractivity contribution in [3.05, 3.63) is 82.7 Å². The van der Waals surface area contributed by atoms with Crippen molar-refractivity contribution in [2.24, 2.45) is 21.6 Å². The zero-order chi connectivity index (χ0) is 32.1. The van der Waals surface area contributed by atoms with Crippen LogP contribution in [0.1, 0.15) is 25.1 Å². The summed E-state index contributed by atoms with van der Waals surface area (Å²) in [7, 11) is 1.00. The van der Waals surface area contributed by atoms with Gasteiger partial charge in [-0.15, -0.1) is 12.8 Å². The molecule has 230 valence electrons. The number of aliphatic imine (C=N–C) groups is 2. The van der Waals surface area contributed by atoms with Crippen LogP contribution in [0.5, 0.6) is 0 Å². The van der Waals surface area contributed by atoms with E-state index in [4.69, 9.17) is 27.2 Å². The Kier molecular flexibility index (Phi) is 12.8. The van der Waals surface area contributed by atoms with Crippen molar-refractivity contribution in [3.8, 4) is 24.1 Å². The fourth-order valence-electron chi connectivity index (χ4n) is 5.30. The van der Waals surface area contributed by atoms with E-state index in [1.807, 2.05) is 36.4 Å². The first-order valence-electron chi connectivity index (χ1n) is 13.8. The predicted molar refractivity (Wildman–Crippen MR) is 172 cm³/mol. The first-order chi connectivity index (χ1) is 21.5. The number of halogens is 2. The van der Waals surface area contributed by atoms with Gasteiger partial charge in [0, 0.05) is 31.6 Å². The highest BCUT2D eigenvalue weighted by Crippen LogP contribution is 2.44. The van der Waals surface area contributed by atoms with Crippen molar-refractivity contribution in [3.63, 3.8) is 0 Å². The van der Waals surface area contributed by atoms with E-state index in [2.05, 4.69) is 49.3 Å². The molecular formula is C32H35ClFN7O3. The summed E-state index contributed by atoms with van der Waals surface area (Å²) in [5.41, 5.74) is 8.85. The van der Waals surface area contributed by atoms with Crippen LogP contribution < -0.4 is 10.6 Å². The molecule has 44 heavy (non-hydrogen) atoms. The highest BCUT2D eigenvalue weighted by atomic mass is 35.5. The highest BCUT2D eigenvalue weighted by Gasteiger charge is 2.38. The van der Waals surface area contributed by atoms with Gasteiger partial charge < -0.3 is 25.4 Å². The minimum absolute atomic E-state index is 0.0256. The number of aromatic nitrogens is 2. The van der Waals surface area contributed by atoms with Crippen molar-refractivity contribution >= 4 is 42.1 Å². The van der Waals surface area contributed by atoms with E-state index in [0.717, 1.165) is 38.7 Å². The van der Waals surface area contributed by atoms with Crippen LogP contribution >= 0.6 is 11.6 Å². The maximum atomic E-state index is 13.9. The van der Waals surface area contributed by atoms with E-state index in [1.54, 1.807) is 6.07 Å². The van der Waals surface area contributed by atoms with E-state index < -0.39 is 5.82 Å². The summed E-state index contributed by atoms with van der Waals surface area (Å²) in [5, 5.41) is 6.96. The number of rotatable bonds is 5. The molecule has 12 heteroatoms. The standard InChI is InChI=1S/C23H23ClFN7O2.C6H6.C2H2.CH4O/c1-27-22-20(32-10-14-3-2-4-17-19(14)31(12-32)7-8-34-17)18(13-5-6-16(25)15(24)9-13)29-23(30-22)21(26)28-11-33;1-2-4-6-5-3-1;2*1-2/h5-6,9,11,14H,1-4,7-8,10,12H2,(H2,26,28,33);1-6H;1-2H;2H,1H3. The largest absolute Gasteiger partial charge is 0.494 e. The molecule has 1 unspecified atom stereocenters. The number of ether oxygens (including phenoxy) is 1. The van der Waals surface area contributed by atoms with Gasteiger partial charge in [0.2, 0.25) is 6.41 Å². The minimum Gasteiger partial charge on any atom is -0.494 e. The maximum Gasteiger partial charge on any atom is 0.234 e. The summed E-state index contributed by atoms with van der Waals surface area (Å²) in [6.45, 7) is 6.41. The third kappa shape index (κ3) is 7.78. The zero-order valence-electron chi connectivity index (χ0n) is 24.4. The van der Waals surface area contributed by atoms with Crippen molar-refractivity contribution in [2.45, 2.75) is 19.3 Å². The third-order valence-electron chi connectivity index (χ3n) is 7.00. The molecule has 0 bridgehead atoms. The van der Waals surface area contributed by atoms with Crippen LogP contribution in [0, 0.1) is 24.6 Å². The Hall–Kier alpha value is -4.79. The van der Waals surface area contributed by atoms with Gasteiger partial charge in [0.05, 0.1) is 23.9 Å². The summed E-state index contributed by atoms with van der Waals surface area (Å²) in [6, 6.07) is 16.4. The van der Waals surface area contributed by atoms with E-state index in [1.165, 1.54) is 17.8 Å². The number of aliphatic hydroxyl groups excluding tert-OH is 1. The molecule has 2 aliphatic heterocycles. The van der Waals surface area contributed by atoms with E-state index in [9.17, 15) is 9.18 Å². The van der Waals surface area contributed by atoms with Gasteiger partial charge in [-0.3, -0.25) is 4.79 Å². The van der Waals surface area contributed by atoms with Gasteiger partial charge >= 0.3 is 0 Å². The fourth-order valence-corrected chi connectivity index (χ4v) is 5.48. The molecule has 1 fully saturated rings. The quantitative estimate of drug-likeness (QED) is 0.180. The van der Waals surface area contributed by atoms with Crippen LogP contribution in [0.25, 0.3) is 11.3 Å². The smallest absolute Gasteiger partial charge is 0.234 e. The molecule has 1 atom stereocenters. The van der Waals surface area contributed by atoms with Crippen LogP contribution in [0.3, 0.4) is 0 Å². The highest BCUT2D eigenvalue weighted by molar-refractivity contribution is 6.31. The van der Waals surface area contributed by atoms with Crippen molar-refractivity contribution in [1.29, 1.82) is 0 Å². The van der Waals surface area contributed by atoms with Crippen LogP contribution in [0.15, 0.2) is 76.0 Å². The lowest BCUT2D eigenvalue weighted by Crippen LogP contribution is -2.52. The molecule has 3 aliphatic rings. The Bertz CT molecular complexity index is 1460. The predicted octanol–water partition coefficient (Wildman–Crippen LogP) is 4.80. The minimum atomic E-state index is -0.541. The number of nitrogens with two attached hydrogens (primary N) is 1. The molecule has 1 amide bonds. The van der Waals surface area contributed by atoms with Gasteiger partial charge in [0.15, 0.2) is 17.5 Å². The van der Waals surface area contributed by atoms with E-state index in [0.29, 0.717) is 54.9 Å². The van der Waals surface area contributed by atoms with Gasteiger partial charge in [-0.25, -0.2) is 19.4 Å². The molecule has 3 heterocycles. The first-order valence-corrected chi connectivity index (χ1v) is 14.1. The molecule has 0 radical (unpaired) electrons. The zero-order valence-corrected chi connectivity index (χ0v) is 25.2. The molecule has 0 spiro atoms. The molecule has 3 N–H and O–H groups in total. The Labute approximate surface area is 261 Å². The molecule has 10 nitrogen and oxygen atoms in total. The molecule has 1 saturated heterocycles. The molecule has 0 saturated carbocycles. The number of hydrogen-bond acceptors (Lipinski definition) is 8. The molecule has 2 aromatic carbocycles. The first kappa shape index (κ1) is 33.7. The lowest BCUT2D eigenvalue weighted by molar-refractivity contribution is -0.106. The fraction of sp³-hybridized carbons (Fsp3) is 0.281. The SMILES string of the molecule is C#C.C=Nc1nc(C(N)=NC=O)nc(-c2ccc(F)c(Cl)c2)c1N1CC2CCCC3=C2N(CCO3)C1.CO.c1ccccc1. The number of amides is 1. The number of amidine groups is 1. The van der Waals surface area contributed by atoms with E-state index in [-0.39, 0.29) is 16.7 Å². The summed E-state index contributed by atoms with van der Waals surface area (Å²) in [6.07, 6.45) is 11.4. The summed E-state index contributed by atoms with van der Waals surface area (Å²) >= 11 is 6.10. The number of carbonyl (C=O) groups excluding carboxylic acids is 1. The van der Waals surface area contributed by atoms with Crippen molar-refractivity contribution in [2.75, 3.05) is 38.4 Å². The summed E-state index contributed by atoms with van der Waals surface area (Å²) < 4.78 is 19.9. The van der Waals surface area contributed by atoms with Crippen molar-refractivity contribution in [1.82, 2.24) is 14.9 Å². The number of terminal acetylenes is 1. The summed E-state index contributed by atoms with van der Waals surface area (Å²) in [4.78, 5) is 32.1. The van der Waals surface area contributed by atoms with Gasteiger partial charge in [-0.05, 0) is 37.8 Å². The lowest BCUT2D eigenvalue weighted by atomic mass is 9.87. The molecule has 6 rings (SSSR count). The number of hydrogen-bond donors (Lipinski definition) is 2. The van der Waals surface area contributed by atoms with Gasteiger partial charge in [0.1, 0.15) is 29.6 Å². The average Bonchev–Trinajstić information content (AvgIpc) is 3.08. The van der Waals surface area contributed by atoms with Gasteiger partial charge in [-0.1, -0.05) is 48.0 Å². The number of aliphatic hydroxyl groups is 1. The van der Waals surface area contributed by atoms with Crippen LogP contribution in [-0.2, 0) is 9.53 Å². The Morgan fingerprint density at radius 2 is 1.86 bits per heavy atom.